The summed E-state index contributed by atoms with van der Waals surface area (Å²) in [6, 6.07) is 23.9. The highest BCUT2D eigenvalue weighted by molar-refractivity contribution is 6.11. The van der Waals surface area contributed by atoms with Crippen LogP contribution in [-0.2, 0) is 16.2 Å². The number of H-pyrrole nitrogens is 1. The highest BCUT2D eigenvalue weighted by Crippen LogP contribution is 2.28. The number of rotatable bonds is 12. The van der Waals surface area contributed by atoms with Crippen molar-refractivity contribution in [2.24, 2.45) is 0 Å². The zero-order chi connectivity index (χ0) is 26.0. The van der Waals surface area contributed by atoms with E-state index in [4.69, 9.17) is 4.74 Å². The van der Waals surface area contributed by atoms with Crippen LogP contribution >= 0.6 is 0 Å². The molecule has 5 heteroatoms. The number of fused-ring (bicyclic) bond motifs is 1. The van der Waals surface area contributed by atoms with Gasteiger partial charge >= 0.3 is 0 Å². The third kappa shape index (κ3) is 7.07. The Morgan fingerprint density at radius 3 is 2.38 bits per heavy atom. The molecular formula is C32H32N2O3. The monoisotopic (exact) mass is 492 g/mol. The normalized spacial score (nSPS) is 11.4. The molecule has 37 heavy (non-hydrogen) atoms. The van der Waals surface area contributed by atoms with Crippen LogP contribution in [0, 0.1) is 0 Å². The van der Waals surface area contributed by atoms with E-state index in [0.29, 0.717) is 12.4 Å². The summed E-state index contributed by atoms with van der Waals surface area (Å²) in [5.74, 6) is 0.207. The number of carbonyl (C=O) groups excluding carboxylic acids is 2. The minimum Gasteiger partial charge on any atom is -0.488 e. The molecule has 0 atom stereocenters. The summed E-state index contributed by atoms with van der Waals surface area (Å²) in [5.41, 5.74) is 4.83. The Hall–Kier alpha value is -4.38. The molecule has 0 saturated carbocycles. The van der Waals surface area contributed by atoms with Crippen molar-refractivity contribution >= 4 is 40.3 Å². The minimum absolute atomic E-state index is 0.185. The summed E-state index contributed by atoms with van der Waals surface area (Å²) in [4.78, 5) is 30.3. The first-order valence-corrected chi connectivity index (χ1v) is 12.6. The number of aromatic nitrogens is 1. The van der Waals surface area contributed by atoms with Gasteiger partial charge in [0.1, 0.15) is 12.4 Å². The number of allylic oxidation sites excluding steroid dienone is 2. The van der Waals surface area contributed by atoms with Gasteiger partial charge in [-0.3, -0.25) is 9.59 Å². The van der Waals surface area contributed by atoms with Crippen LogP contribution in [0.5, 0.6) is 5.75 Å². The lowest BCUT2D eigenvalue weighted by molar-refractivity contribution is -0.121. The molecule has 5 nitrogen and oxygen atoms in total. The van der Waals surface area contributed by atoms with Crippen LogP contribution in [0.1, 0.15) is 37.0 Å². The van der Waals surface area contributed by atoms with Crippen molar-refractivity contribution in [1.82, 2.24) is 4.98 Å². The first-order valence-electron chi connectivity index (χ1n) is 12.6. The number of benzene rings is 3. The van der Waals surface area contributed by atoms with Gasteiger partial charge in [-0.1, -0.05) is 48.5 Å². The predicted molar refractivity (Wildman–Crippen MR) is 152 cm³/mol. The van der Waals surface area contributed by atoms with E-state index in [2.05, 4.69) is 23.7 Å². The largest absolute Gasteiger partial charge is 0.488 e. The molecule has 0 spiro atoms. The van der Waals surface area contributed by atoms with E-state index in [9.17, 15) is 9.59 Å². The van der Waals surface area contributed by atoms with E-state index < -0.39 is 0 Å². The van der Waals surface area contributed by atoms with Crippen molar-refractivity contribution in [1.29, 1.82) is 0 Å². The number of hydrogen-bond acceptors (Lipinski definition) is 4. The molecule has 0 aliphatic rings. The molecule has 3 aromatic carbocycles. The highest BCUT2D eigenvalue weighted by atomic mass is 16.5. The van der Waals surface area contributed by atoms with E-state index in [-0.39, 0.29) is 18.0 Å². The number of ketones is 2. The molecular weight excluding hydrogens is 460 g/mol. The second kappa shape index (κ2) is 12.5. The lowest BCUT2D eigenvalue weighted by Crippen LogP contribution is -2.21. The van der Waals surface area contributed by atoms with Gasteiger partial charge in [-0.05, 0) is 72.9 Å². The van der Waals surface area contributed by atoms with Gasteiger partial charge in [0.25, 0.3) is 0 Å². The lowest BCUT2D eigenvalue weighted by Gasteiger charge is -2.22. The molecule has 0 unspecified atom stereocenters. The van der Waals surface area contributed by atoms with Crippen LogP contribution in [0.25, 0.3) is 23.1 Å². The van der Waals surface area contributed by atoms with Gasteiger partial charge in [0, 0.05) is 42.1 Å². The standard InChI is InChI=1S/C32H32N2O3/c1-3-34(4-2)28-15-13-27(32(21-28)37-23-25-8-6-5-7-9-25)14-17-30(36)22-29(35)16-11-24-10-12-26-18-19-33-31(26)20-24/h5-21,33H,3-4,22-23H2,1-2H3. The minimum atomic E-state index is -0.253. The molecule has 188 valence electrons. The third-order valence-electron chi connectivity index (χ3n) is 6.20. The van der Waals surface area contributed by atoms with Crippen molar-refractivity contribution in [2.75, 3.05) is 18.0 Å². The third-order valence-corrected chi connectivity index (χ3v) is 6.20. The second-order valence-electron chi connectivity index (χ2n) is 8.77. The molecule has 0 radical (unpaired) electrons. The summed E-state index contributed by atoms with van der Waals surface area (Å²) in [5, 5.41) is 1.11. The number of ether oxygens (including phenoxy) is 1. The number of carbonyl (C=O) groups is 2. The first kappa shape index (κ1) is 25.7. The van der Waals surface area contributed by atoms with Crippen molar-refractivity contribution < 1.29 is 14.3 Å². The Balaban J connectivity index is 1.43. The van der Waals surface area contributed by atoms with Crippen molar-refractivity contribution in [3.63, 3.8) is 0 Å². The fourth-order valence-corrected chi connectivity index (χ4v) is 4.14. The summed E-state index contributed by atoms with van der Waals surface area (Å²) >= 11 is 0. The second-order valence-corrected chi connectivity index (χ2v) is 8.77. The fourth-order valence-electron chi connectivity index (χ4n) is 4.14. The zero-order valence-corrected chi connectivity index (χ0v) is 21.3. The van der Waals surface area contributed by atoms with E-state index in [1.54, 1.807) is 12.2 Å². The summed E-state index contributed by atoms with van der Waals surface area (Å²) in [6.07, 6.45) is 8.08. The quantitative estimate of drug-likeness (QED) is 0.174. The average molecular weight is 493 g/mol. The molecule has 4 rings (SSSR count). The Bertz CT molecular complexity index is 1410. The molecule has 0 fully saturated rings. The zero-order valence-electron chi connectivity index (χ0n) is 21.3. The van der Waals surface area contributed by atoms with Crippen molar-refractivity contribution in [3.05, 3.63) is 108 Å². The van der Waals surface area contributed by atoms with Gasteiger partial charge in [-0.25, -0.2) is 0 Å². The SMILES string of the molecule is CCN(CC)c1ccc(C=CC(=O)CC(=O)C=Cc2ccc3cc[nH]c3c2)c(OCc2ccccc2)c1. The van der Waals surface area contributed by atoms with Gasteiger partial charge in [-0.2, -0.15) is 0 Å². The molecule has 0 saturated heterocycles. The molecule has 1 N–H and O–H groups in total. The van der Waals surface area contributed by atoms with E-state index in [1.165, 1.54) is 12.2 Å². The van der Waals surface area contributed by atoms with Crippen molar-refractivity contribution in [2.45, 2.75) is 26.9 Å². The van der Waals surface area contributed by atoms with Crippen LogP contribution in [0.2, 0.25) is 0 Å². The maximum Gasteiger partial charge on any atom is 0.163 e. The number of aromatic amines is 1. The van der Waals surface area contributed by atoms with Crippen molar-refractivity contribution in [3.8, 4) is 5.75 Å². The Morgan fingerprint density at radius 1 is 0.865 bits per heavy atom. The van der Waals surface area contributed by atoms with Gasteiger partial charge in [0.05, 0.1) is 6.42 Å². The number of hydrogen-bond donors (Lipinski definition) is 1. The van der Waals surface area contributed by atoms with Gasteiger partial charge < -0.3 is 14.6 Å². The van der Waals surface area contributed by atoms with Gasteiger partial charge in [0.2, 0.25) is 0 Å². The number of nitrogens with one attached hydrogen (secondary N) is 1. The van der Waals surface area contributed by atoms with Crippen LogP contribution in [0.15, 0.2) is 91.1 Å². The topological polar surface area (TPSA) is 62.4 Å². The van der Waals surface area contributed by atoms with Crippen LogP contribution in [0.4, 0.5) is 5.69 Å². The van der Waals surface area contributed by atoms with Crippen LogP contribution in [-0.4, -0.2) is 29.6 Å². The average Bonchev–Trinajstić information content (AvgIpc) is 3.39. The molecule has 0 bridgehead atoms. The van der Waals surface area contributed by atoms with Gasteiger partial charge in [0.15, 0.2) is 11.6 Å². The maximum absolute atomic E-state index is 12.5. The molecule has 0 amide bonds. The summed E-state index contributed by atoms with van der Waals surface area (Å²) in [7, 11) is 0. The summed E-state index contributed by atoms with van der Waals surface area (Å²) in [6.45, 7) is 6.43. The molecule has 4 aromatic rings. The Morgan fingerprint density at radius 2 is 1.62 bits per heavy atom. The molecule has 0 aliphatic heterocycles. The number of nitrogens with zero attached hydrogens (tertiary/aromatic N) is 1. The van der Waals surface area contributed by atoms with Gasteiger partial charge in [-0.15, -0.1) is 0 Å². The fraction of sp³-hybridized carbons (Fsp3) is 0.188. The van der Waals surface area contributed by atoms with Crippen LogP contribution < -0.4 is 9.64 Å². The maximum atomic E-state index is 12.5. The van der Waals surface area contributed by atoms with E-state index in [0.717, 1.165) is 46.4 Å². The Kier molecular flexibility index (Phi) is 8.71. The smallest absolute Gasteiger partial charge is 0.163 e. The molecule has 1 aromatic heterocycles. The highest BCUT2D eigenvalue weighted by Gasteiger charge is 2.09. The Labute approximate surface area is 218 Å². The van der Waals surface area contributed by atoms with Crippen LogP contribution in [0.3, 0.4) is 0 Å². The van der Waals surface area contributed by atoms with E-state index >= 15 is 0 Å². The molecule has 0 aliphatic carbocycles. The van der Waals surface area contributed by atoms with E-state index in [1.807, 2.05) is 79.0 Å². The lowest BCUT2D eigenvalue weighted by atomic mass is 10.1. The first-order chi connectivity index (χ1) is 18.1. The summed E-state index contributed by atoms with van der Waals surface area (Å²) < 4.78 is 6.16. The number of anilines is 1. The predicted octanol–water partition coefficient (Wildman–Crippen LogP) is 6.85. The molecule has 1 heterocycles.